The second-order valence-electron chi connectivity index (χ2n) is 5.66. The van der Waals surface area contributed by atoms with E-state index in [4.69, 9.17) is 4.74 Å². The van der Waals surface area contributed by atoms with Crippen LogP contribution in [0.25, 0.3) is 0 Å². The van der Waals surface area contributed by atoms with Crippen LogP contribution in [0.3, 0.4) is 0 Å². The molecule has 1 saturated carbocycles. The lowest BCUT2D eigenvalue weighted by Gasteiger charge is -2.27. The highest BCUT2D eigenvalue weighted by atomic mass is 16.5. The third-order valence-corrected chi connectivity index (χ3v) is 4.14. The van der Waals surface area contributed by atoms with Gasteiger partial charge in [0.25, 0.3) is 0 Å². The van der Waals surface area contributed by atoms with Crippen LogP contribution < -0.4 is 10.6 Å². The average molecular weight is 269 g/mol. The van der Waals surface area contributed by atoms with Crippen LogP contribution in [0, 0.1) is 0 Å². The Kier molecular flexibility index (Phi) is 5.92. The van der Waals surface area contributed by atoms with Gasteiger partial charge in [-0.05, 0) is 32.2 Å². The Hall–Kier alpha value is -0.810. The third-order valence-electron chi connectivity index (χ3n) is 4.14. The van der Waals surface area contributed by atoms with Crippen LogP contribution in [0.2, 0.25) is 0 Å². The molecule has 5 heteroatoms. The number of rotatable bonds is 6. The van der Waals surface area contributed by atoms with Crippen LogP contribution in [-0.4, -0.2) is 56.4 Å². The van der Waals surface area contributed by atoms with Gasteiger partial charge in [-0.3, -0.25) is 0 Å². The van der Waals surface area contributed by atoms with Crippen LogP contribution in [0.1, 0.15) is 38.5 Å². The molecule has 2 rings (SSSR count). The normalized spacial score (nSPS) is 23.7. The van der Waals surface area contributed by atoms with E-state index in [0.717, 1.165) is 25.9 Å². The average Bonchev–Trinajstić information content (AvgIpc) is 3.07. The SMILES string of the molecule is COCCN(CC1CCCN1)C(=O)NC1CCCC1. The number of urea groups is 1. The highest BCUT2D eigenvalue weighted by molar-refractivity contribution is 5.74. The summed E-state index contributed by atoms with van der Waals surface area (Å²) in [5, 5.41) is 6.61. The molecule has 1 unspecified atom stereocenters. The summed E-state index contributed by atoms with van der Waals surface area (Å²) >= 11 is 0. The molecule has 0 aromatic rings. The Balaban J connectivity index is 1.81. The van der Waals surface area contributed by atoms with E-state index in [1.165, 1.54) is 25.7 Å². The maximum absolute atomic E-state index is 12.3. The van der Waals surface area contributed by atoms with Gasteiger partial charge in [-0.25, -0.2) is 4.79 Å². The summed E-state index contributed by atoms with van der Waals surface area (Å²) in [5.41, 5.74) is 0. The monoisotopic (exact) mass is 269 g/mol. The first-order chi connectivity index (χ1) is 9.29. The van der Waals surface area contributed by atoms with Crippen LogP contribution in [0.5, 0.6) is 0 Å². The van der Waals surface area contributed by atoms with Gasteiger partial charge in [-0.2, -0.15) is 0 Å². The van der Waals surface area contributed by atoms with Crippen molar-refractivity contribution in [2.75, 3.05) is 33.4 Å². The van der Waals surface area contributed by atoms with Crippen molar-refractivity contribution in [3.8, 4) is 0 Å². The summed E-state index contributed by atoms with van der Waals surface area (Å²) in [6.45, 7) is 3.15. The first-order valence-electron chi connectivity index (χ1n) is 7.57. The van der Waals surface area contributed by atoms with Gasteiger partial charge in [0.2, 0.25) is 0 Å². The van der Waals surface area contributed by atoms with Gasteiger partial charge in [-0.15, -0.1) is 0 Å². The zero-order chi connectivity index (χ0) is 13.5. The Labute approximate surface area is 116 Å². The molecule has 0 radical (unpaired) electrons. The number of nitrogens with one attached hydrogen (secondary N) is 2. The lowest BCUT2D eigenvalue weighted by molar-refractivity contribution is 0.143. The van der Waals surface area contributed by atoms with Crippen molar-refractivity contribution in [2.24, 2.45) is 0 Å². The van der Waals surface area contributed by atoms with E-state index in [9.17, 15) is 4.79 Å². The van der Waals surface area contributed by atoms with Crippen molar-refractivity contribution >= 4 is 6.03 Å². The summed E-state index contributed by atoms with van der Waals surface area (Å²) in [6.07, 6.45) is 7.13. The number of nitrogens with zero attached hydrogens (tertiary/aromatic N) is 1. The first kappa shape index (κ1) is 14.6. The molecule has 5 nitrogen and oxygen atoms in total. The number of amides is 2. The van der Waals surface area contributed by atoms with Gasteiger partial charge in [0.05, 0.1) is 6.61 Å². The van der Waals surface area contributed by atoms with Crippen LogP contribution in [0.4, 0.5) is 4.79 Å². The summed E-state index contributed by atoms with van der Waals surface area (Å²) in [5.74, 6) is 0. The first-order valence-corrected chi connectivity index (χ1v) is 7.57. The molecule has 1 saturated heterocycles. The van der Waals surface area contributed by atoms with Crippen LogP contribution in [-0.2, 0) is 4.74 Å². The Morgan fingerprint density at radius 2 is 2.11 bits per heavy atom. The maximum atomic E-state index is 12.3. The topological polar surface area (TPSA) is 53.6 Å². The van der Waals surface area contributed by atoms with Gasteiger partial charge in [-0.1, -0.05) is 12.8 Å². The molecule has 19 heavy (non-hydrogen) atoms. The standard InChI is InChI=1S/C14H27N3O2/c1-19-10-9-17(11-13-7-4-8-15-13)14(18)16-12-5-2-3-6-12/h12-13,15H,2-11H2,1H3,(H,16,18). The molecular weight excluding hydrogens is 242 g/mol. The number of hydrogen-bond acceptors (Lipinski definition) is 3. The fourth-order valence-electron chi connectivity index (χ4n) is 2.99. The third kappa shape index (κ3) is 4.66. The summed E-state index contributed by atoms with van der Waals surface area (Å²) < 4.78 is 5.11. The Bertz CT molecular complexity index is 274. The van der Waals surface area contributed by atoms with Crippen molar-refractivity contribution in [1.29, 1.82) is 0 Å². The molecule has 1 aliphatic carbocycles. The lowest BCUT2D eigenvalue weighted by Crippen LogP contribution is -2.49. The fourth-order valence-corrected chi connectivity index (χ4v) is 2.99. The molecule has 110 valence electrons. The van der Waals surface area contributed by atoms with Gasteiger partial charge >= 0.3 is 6.03 Å². The van der Waals surface area contributed by atoms with Crippen molar-refractivity contribution in [2.45, 2.75) is 50.6 Å². The minimum absolute atomic E-state index is 0.0812. The predicted octanol–water partition coefficient (Wildman–Crippen LogP) is 1.34. The van der Waals surface area contributed by atoms with Gasteiger partial charge in [0.15, 0.2) is 0 Å². The lowest BCUT2D eigenvalue weighted by atomic mass is 10.2. The Morgan fingerprint density at radius 1 is 1.32 bits per heavy atom. The largest absolute Gasteiger partial charge is 0.383 e. The van der Waals surface area contributed by atoms with E-state index >= 15 is 0 Å². The molecule has 1 aliphatic heterocycles. The summed E-state index contributed by atoms with van der Waals surface area (Å²) in [6, 6.07) is 0.915. The van der Waals surface area contributed by atoms with Crippen molar-refractivity contribution in [3.63, 3.8) is 0 Å². The van der Waals surface area contributed by atoms with E-state index in [1.54, 1.807) is 7.11 Å². The van der Waals surface area contributed by atoms with E-state index in [0.29, 0.717) is 25.2 Å². The van der Waals surface area contributed by atoms with Crippen molar-refractivity contribution in [3.05, 3.63) is 0 Å². The fraction of sp³-hybridized carbons (Fsp3) is 0.929. The molecule has 2 aliphatic rings. The molecule has 2 N–H and O–H groups in total. The summed E-state index contributed by atoms with van der Waals surface area (Å²) in [4.78, 5) is 14.2. The molecule has 2 fully saturated rings. The number of hydrogen-bond donors (Lipinski definition) is 2. The second-order valence-corrected chi connectivity index (χ2v) is 5.66. The zero-order valence-corrected chi connectivity index (χ0v) is 12.0. The van der Waals surface area contributed by atoms with E-state index < -0.39 is 0 Å². The minimum atomic E-state index is 0.0812. The molecule has 2 amide bonds. The molecule has 0 bridgehead atoms. The van der Waals surface area contributed by atoms with E-state index in [1.807, 2.05) is 4.90 Å². The van der Waals surface area contributed by atoms with Crippen molar-refractivity contribution in [1.82, 2.24) is 15.5 Å². The molecule has 0 spiro atoms. The number of ether oxygens (including phenoxy) is 1. The quantitative estimate of drug-likeness (QED) is 0.765. The van der Waals surface area contributed by atoms with Gasteiger partial charge in [0.1, 0.15) is 0 Å². The highest BCUT2D eigenvalue weighted by Crippen LogP contribution is 2.18. The van der Waals surface area contributed by atoms with E-state index in [-0.39, 0.29) is 6.03 Å². The Morgan fingerprint density at radius 3 is 2.74 bits per heavy atom. The minimum Gasteiger partial charge on any atom is -0.383 e. The van der Waals surface area contributed by atoms with Gasteiger partial charge in [0, 0.05) is 32.3 Å². The van der Waals surface area contributed by atoms with Crippen molar-refractivity contribution < 1.29 is 9.53 Å². The van der Waals surface area contributed by atoms with Crippen LogP contribution >= 0.6 is 0 Å². The summed E-state index contributed by atoms with van der Waals surface area (Å²) in [7, 11) is 1.68. The molecule has 1 heterocycles. The highest BCUT2D eigenvalue weighted by Gasteiger charge is 2.24. The number of methoxy groups -OCH3 is 1. The smallest absolute Gasteiger partial charge is 0.317 e. The molecule has 1 atom stereocenters. The number of carbonyl (C=O) groups excluding carboxylic acids is 1. The zero-order valence-electron chi connectivity index (χ0n) is 12.0. The molecular formula is C14H27N3O2. The molecule has 0 aromatic heterocycles. The van der Waals surface area contributed by atoms with Crippen LogP contribution in [0.15, 0.2) is 0 Å². The molecule has 0 aromatic carbocycles. The maximum Gasteiger partial charge on any atom is 0.317 e. The predicted molar refractivity (Wildman–Crippen MR) is 75.3 cm³/mol. The van der Waals surface area contributed by atoms with E-state index in [2.05, 4.69) is 10.6 Å². The second kappa shape index (κ2) is 7.70. The number of carbonyl (C=O) groups is 1. The van der Waals surface area contributed by atoms with Gasteiger partial charge < -0.3 is 20.3 Å².